The standard InChI is InChI=1S/C20H21N/c1-3-9-17(4-2)21-20-18-12-7-5-10-15(18)14-16-11-6-8-13-19(16)20/h1,5-8,10-13,17,20-21H,4,9,14H2,2H3. The normalized spacial score (nSPS) is 14.9. The fraction of sp³-hybridized carbons (Fsp3) is 0.300. The van der Waals surface area contributed by atoms with Crippen molar-refractivity contribution in [2.75, 3.05) is 0 Å². The first-order chi connectivity index (χ1) is 10.3. The van der Waals surface area contributed by atoms with Crippen molar-refractivity contribution in [2.24, 2.45) is 0 Å². The monoisotopic (exact) mass is 275 g/mol. The molecule has 0 fully saturated rings. The highest BCUT2D eigenvalue weighted by Gasteiger charge is 2.26. The molecule has 0 aromatic heterocycles. The maximum atomic E-state index is 5.51. The first-order valence-corrected chi connectivity index (χ1v) is 7.68. The van der Waals surface area contributed by atoms with Gasteiger partial charge in [-0.3, -0.25) is 0 Å². The predicted molar refractivity (Wildman–Crippen MR) is 88.2 cm³/mol. The minimum Gasteiger partial charge on any atom is -0.302 e. The van der Waals surface area contributed by atoms with Crippen LogP contribution in [0, 0.1) is 12.3 Å². The molecule has 0 bridgehead atoms. The van der Waals surface area contributed by atoms with Crippen LogP contribution in [0.2, 0.25) is 0 Å². The lowest BCUT2D eigenvalue weighted by Gasteiger charge is -2.32. The molecule has 0 amide bonds. The summed E-state index contributed by atoms with van der Waals surface area (Å²) in [6.07, 6.45) is 8.36. The average Bonchev–Trinajstić information content (AvgIpc) is 2.53. The summed E-state index contributed by atoms with van der Waals surface area (Å²) in [5.74, 6) is 2.79. The van der Waals surface area contributed by atoms with E-state index < -0.39 is 0 Å². The van der Waals surface area contributed by atoms with E-state index in [2.05, 4.69) is 66.7 Å². The Kier molecular flexibility index (Phi) is 4.08. The Morgan fingerprint density at radius 2 is 1.67 bits per heavy atom. The van der Waals surface area contributed by atoms with Gasteiger partial charge in [-0.1, -0.05) is 55.5 Å². The van der Waals surface area contributed by atoms with Crippen molar-refractivity contribution in [3.8, 4) is 12.3 Å². The van der Waals surface area contributed by atoms with Gasteiger partial charge in [0.05, 0.1) is 6.04 Å². The molecule has 1 nitrogen and oxygen atoms in total. The molecular formula is C20H21N. The highest BCUT2D eigenvalue weighted by atomic mass is 15.0. The molecule has 1 aliphatic rings. The van der Waals surface area contributed by atoms with Crippen LogP contribution in [0.4, 0.5) is 0 Å². The smallest absolute Gasteiger partial charge is 0.0584 e. The largest absolute Gasteiger partial charge is 0.302 e. The molecule has 2 aromatic rings. The lowest BCUT2D eigenvalue weighted by Crippen LogP contribution is -2.35. The fourth-order valence-electron chi connectivity index (χ4n) is 3.20. The zero-order chi connectivity index (χ0) is 14.7. The quantitative estimate of drug-likeness (QED) is 0.829. The molecule has 0 aliphatic heterocycles. The van der Waals surface area contributed by atoms with Gasteiger partial charge in [0.15, 0.2) is 0 Å². The number of benzene rings is 2. The Bertz CT molecular complexity index is 620. The third-order valence-corrected chi connectivity index (χ3v) is 4.37. The van der Waals surface area contributed by atoms with E-state index in [0.29, 0.717) is 6.04 Å². The molecular weight excluding hydrogens is 254 g/mol. The lowest BCUT2D eigenvalue weighted by molar-refractivity contribution is 0.459. The van der Waals surface area contributed by atoms with Crippen LogP contribution >= 0.6 is 0 Å². The summed E-state index contributed by atoms with van der Waals surface area (Å²) in [5.41, 5.74) is 5.63. The molecule has 1 unspecified atom stereocenters. The van der Waals surface area contributed by atoms with Gasteiger partial charge in [-0.05, 0) is 35.1 Å². The molecule has 2 aromatic carbocycles. The number of nitrogens with one attached hydrogen (secondary N) is 1. The van der Waals surface area contributed by atoms with Crippen LogP contribution in [0.1, 0.15) is 48.1 Å². The van der Waals surface area contributed by atoms with E-state index >= 15 is 0 Å². The van der Waals surface area contributed by atoms with Gasteiger partial charge in [-0.15, -0.1) is 12.3 Å². The number of hydrogen-bond acceptors (Lipinski definition) is 1. The van der Waals surface area contributed by atoms with Gasteiger partial charge < -0.3 is 5.32 Å². The minimum atomic E-state index is 0.254. The molecule has 0 heterocycles. The third-order valence-electron chi connectivity index (χ3n) is 4.37. The second-order valence-corrected chi connectivity index (χ2v) is 5.69. The van der Waals surface area contributed by atoms with Crippen LogP contribution in [0.15, 0.2) is 48.5 Å². The molecule has 0 saturated carbocycles. The van der Waals surface area contributed by atoms with E-state index in [1.807, 2.05) is 0 Å². The van der Waals surface area contributed by atoms with E-state index in [-0.39, 0.29) is 6.04 Å². The first kappa shape index (κ1) is 13.9. The molecule has 21 heavy (non-hydrogen) atoms. The predicted octanol–water partition coefficient (Wildman–Crippen LogP) is 4.07. The second-order valence-electron chi connectivity index (χ2n) is 5.69. The van der Waals surface area contributed by atoms with E-state index in [1.165, 1.54) is 22.3 Å². The minimum absolute atomic E-state index is 0.254. The van der Waals surface area contributed by atoms with E-state index in [0.717, 1.165) is 19.3 Å². The summed E-state index contributed by atoms with van der Waals surface area (Å²) in [6, 6.07) is 18.1. The Morgan fingerprint density at radius 1 is 1.10 bits per heavy atom. The van der Waals surface area contributed by atoms with Crippen LogP contribution in [0.25, 0.3) is 0 Å². The fourth-order valence-corrected chi connectivity index (χ4v) is 3.20. The first-order valence-electron chi connectivity index (χ1n) is 7.68. The van der Waals surface area contributed by atoms with Crippen LogP contribution in [0.5, 0.6) is 0 Å². The van der Waals surface area contributed by atoms with Crippen LogP contribution in [0.3, 0.4) is 0 Å². The van der Waals surface area contributed by atoms with Gasteiger partial charge in [0, 0.05) is 12.5 Å². The van der Waals surface area contributed by atoms with Crippen molar-refractivity contribution in [2.45, 2.75) is 38.3 Å². The maximum Gasteiger partial charge on any atom is 0.0584 e. The summed E-state index contributed by atoms with van der Waals surface area (Å²) in [7, 11) is 0. The van der Waals surface area contributed by atoms with Crippen LogP contribution < -0.4 is 5.32 Å². The number of terminal acetylenes is 1. The van der Waals surface area contributed by atoms with Crippen molar-refractivity contribution in [1.82, 2.24) is 5.32 Å². The zero-order valence-electron chi connectivity index (χ0n) is 12.5. The molecule has 0 radical (unpaired) electrons. The van der Waals surface area contributed by atoms with Crippen molar-refractivity contribution in [3.63, 3.8) is 0 Å². The lowest BCUT2D eigenvalue weighted by atomic mass is 9.82. The van der Waals surface area contributed by atoms with Crippen molar-refractivity contribution in [3.05, 3.63) is 70.8 Å². The average molecular weight is 275 g/mol. The second kappa shape index (κ2) is 6.16. The Balaban J connectivity index is 2.00. The highest BCUT2D eigenvalue weighted by Crippen LogP contribution is 2.35. The summed E-state index contributed by atoms with van der Waals surface area (Å²) in [6.45, 7) is 2.19. The van der Waals surface area contributed by atoms with E-state index in [4.69, 9.17) is 6.42 Å². The zero-order valence-corrected chi connectivity index (χ0v) is 12.5. The molecule has 1 N–H and O–H groups in total. The summed E-state index contributed by atoms with van der Waals surface area (Å²) in [4.78, 5) is 0. The number of fused-ring (bicyclic) bond motifs is 2. The topological polar surface area (TPSA) is 12.0 Å². The van der Waals surface area contributed by atoms with Crippen molar-refractivity contribution < 1.29 is 0 Å². The molecule has 1 atom stereocenters. The molecule has 1 heteroatoms. The molecule has 0 saturated heterocycles. The van der Waals surface area contributed by atoms with Crippen molar-refractivity contribution >= 4 is 0 Å². The van der Waals surface area contributed by atoms with Gasteiger partial charge in [0.25, 0.3) is 0 Å². The number of rotatable bonds is 4. The van der Waals surface area contributed by atoms with E-state index in [1.54, 1.807) is 0 Å². The summed E-state index contributed by atoms with van der Waals surface area (Å²) in [5, 5.41) is 3.78. The molecule has 3 rings (SSSR count). The van der Waals surface area contributed by atoms with Gasteiger partial charge in [-0.2, -0.15) is 0 Å². The van der Waals surface area contributed by atoms with E-state index in [9.17, 15) is 0 Å². The van der Waals surface area contributed by atoms with Crippen molar-refractivity contribution in [1.29, 1.82) is 0 Å². The Hall–Kier alpha value is -2.04. The van der Waals surface area contributed by atoms with Gasteiger partial charge in [-0.25, -0.2) is 0 Å². The highest BCUT2D eigenvalue weighted by molar-refractivity contribution is 5.48. The van der Waals surface area contributed by atoms with Gasteiger partial charge in [0.2, 0.25) is 0 Å². The summed E-state index contributed by atoms with van der Waals surface area (Å²) >= 11 is 0. The maximum absolute atomic E-state index is 5.51. The SMILES string of the molecule is C#CCC(CC)NC1c2ccccc2Cc2ccccc21. The molecule has 106 valence electrons. The van der Waals surface area contributed by atoms with Gasteiger partial charge in [0.1, 0.15) is 0 Å². The Labute approximate surface area is 127 Å². The number of hydrogen-bond donors (Lipinski definition) is 1. The Morgan fingerprint density at radius 3 is 2.19 bits per heavy atom. The van der Waals surface area contributed by atoms with Crippen LogP contribution in [-0.4, -0.2) is 6.04 Å². The van der Waals surface area contributed by atoms with Crippen LogP contribution in [-0.2, 0) is 6.42 Å². The summed E-state index contributed by atoms with van der Waals surface area (Å²) < 4.78 is 0. The third kappa shape index (κ3) is 2.73. The molecule has 0 spiro atoms. The molecule has 1 aliphatic carbocycles. The van der Waals surface area contributed by atoms with Gasteiger partial charge >= 0.3 is 0 Å².